The summed E-state index contributed by atoms with van der Waals surface area (Å²) in [6, 6.07) is 4.71. The maximum Gasteiger partial charge on any atom is 0.239 e. The molecule has 108 valence electrons. The number of hydrogen-bond donors (Lipinski definition) is 1. The summed E-state index contributed by atoms with van der Waals surface area (Å²) in [7, 11) is -0.636. The van der Waals surface area contributed by atoms with Gasteiger partial charge >= 0.3 is 0 Å². The zero-order valence-electron chi connectivity index (χ0n) is 11.2. The average Bonchev–Trinajstić information content (AvgIpc) is 2.37. The van der Waals surface area contributed by atoms with Gasteiger partial charge in [0, 0.05) is 11.8 Å². The van der Waals surface area contributed by atoms with E-state index in [1.807, 2.05) is 5.92 Å². The summed E-state index contributed by atoms with van der Waals surface area (Å²) < 4.78 is 32.9. The molecule has 20 heavy (non-hydrogen) atoms. The number of anilines is 1. The molecule has 0 fully saturated rings. The van der Waals surface area contributed by atoms with Crippen LogP contribution in [0.15, 0.2) is 18.2 Å². The van der Waals surface area contributed by atoms with E-state index in [4.69, 9.17) is 15.9 Å². The van der Waals surface area contributed by atoms with Gasteiger partial charge in [-0.2, -0.15) is 0 Å². The quantitative estimate of drug-likeness (QED) is 0.781. The Morgan fingerprint density at radius 1 is 1.30 bits per heavy atom. The minimum atomic E-state index is -3.58. The molecule has 0 aliphatic rings. The van der Waals surface area contributed by atoms with Crippen LogP contribution in [0.5, 0.6) is 11.5 Å². The molecule has 1 N–H and O–H groups in total. The topological polar surface area (TPSA) is 81.7 Å². The molecule has 0 saturated heterocycles. The van der Waals surface area contributed by atoms with Crippen molar-refractivity contribution in [1.29, 1.82) is 0 Å². The Hall–Kier alpha value is -2.20. The first-order chi connectivity index (χ1) is 9.41. The monoisotopic (exact) mass is 297 g/mol. The van der Waals surface area contributed by atoms with Crippen LogP contribution >= 0.6 is 0 Å². The Balaban J connectivity index is 2.79. The predicted octanol–water partition coefficient (Wildman–Crippen LogP) is 0.690. The molecule has 0 radical (unpaired) electrons. The summed E-state index contributed by atoms with van der Waals surface area (Å²) >= 11 is 0. The molecule has 0 aliphatic carbocycles. The summed E-state index contributed by atoms with van der Waals surface area (Å²) in [6.07, 6.45) is 4.92. The third-order valence-corrected chi connectivity index (χ3v) is 3.63. The van der Waals surface area contributed by atoms with Crippen molar-refractivity contribution in [2.24, 2.45) is 0 Å². The van der Waals surface area contributed by atoms with Gasteiger partial charge in [-0.25, -0.2) is 8.42 Å². The lowest BCUT2D eigenvalue weighted by Gasteiger charge is -2.10. The van der Waals surface area contributed by atoms with Crippen molar-refractivity contribution < 1.29 is 22.7 Å². The lowest BCUT2D eigenvalue weighted by Crippen LogP contribution is -2.24. The molecule has 7 heteroatoms. The van der Waals surface area contributed by atoms with Crippen molar-refractivity contribution in [2.75, 3.05) is 31.0 Å². The smallest absolute Gasteiger partial charge is 0.239 e. The van der Waals surface area contributed by atoms with E-state index < -0.39 is 27.3 Å². The number of carbonyl (C=O) groups is 1. The summed E-state index contributed by atoms with van der Waals surface area (Å²) in [6.45, 7) is 0. The van der Waals surface area contributed by atoms with Crippen LogP contribution in [-0.4, -0.2) is 40.1 Å². The predicted molar refractivity (Wildman–Crippen MR) is 75.7 cm³/mol. The largest absolute Gasteiger partial charge is 0.493 e. The molecular formula is C13H15NO5S. The van der Waals surface area contributed by atoms with E-state index in [1.54, 1.807) is 12.1 Å². The number of hydrogen-bond acceptors (Lipinski definition) is 5. The summed E-state index contributed by atoms with van der Waals surface area (Å²) in [4.78, 5) is 11.6. The highest BCUT2D eigenvalue weighted by Crippen LogP contribution is 2.29. The number of terminal acetylenes is 1. The fraction of sp³-hybridized carbons (Fsp3) is 0.308. The van der Waals surface area contributed by atoms with Gasteiger partial charge in [-0.1, -0.05) is 5.92 Å². The first-order valence-corrected chi connectivity index (χ1v) is 7.39. The molecular weight excluding hydrogens is 282 g/mol. The van der Waals surface area contributed by atoms with Gasteiger partial charge in [0.15, 0.2) is 21.3 Å². The fourth-order valence-corrected chi connectivity index (χ4v) is 2.32. The third kappa shape index (κ3) is 4.48. The maximum absolute atomic E-state index is 11.6. The summed E-state index contributed by atoms with van der Waals surface area (Å²) in [5.74, 6) is 1.15. The standard InChI is InChI=1S/C13H15NO5S/c1-4-7-20(16,17)9-13(15)14-10-5-6-11(18-2)12(8-10)19-3/h1,5-6,8H,7,9H2,2-3H3,(H,14,15). The van der Waals surface area contributed by atoms with Crippen molar-refractivity contribution in [3.63, 3.8) is 0 Å². The van der Waals surface area contributed by atoms with Gasteiger partial charge in [-0.05, 0) is 12.1 Å². The molecule has 1 amide bonds. The van der Waals surface area contributed by atoms with Gasteiger partial charge in [0.2, 0.25) is 5.91 Å². The first-order valence-electron chi connectivity index (χ1n) is 5.57. The average molecular weight is 297 g/mol. The Morgan fingerprint density at radius 2 is 1.95 bits per heavy atom. The van der Waals surface area contributed by atoms with Crippen LogP contribution in [0.2, 0.25) is 0 Å². The molecule has 0 atom stereocenters. The second-order valence-corrected chi connectivity index (χ2v) is 5.92. The Morgan fingerprint density at radius 3 is 2.50 bits per heavy atom. The number of sulfone groups is 1. The second kappa shape index (κ2) is 6.82. The lowest BCUT2D eigenvalue weighted by atomic mass is 10.2. The van der Waals surface area contributed by atoms with E-state index in [0.29, 0.717) is 17.2 Å². The zero-order chi connectivity index (χ0) is 15.2. The minimum absolute atomic E-state index is 0.406. The fourth-order valence-electron chi connectivity index (χ4n) is 1.49. The Labute approximate surface area is 118 Å². The molecule has 1 aromatic carbocycles. The van der Waals surface area contributed by atoms with Gasteiger partial charge in [-0.15, -0.1) is 6.42 Å². The van der Waals surface area contributed by atoms with Gasteiger partial charge in [-0.3, -0.25) is 4.79 Å². The van der Waals surface area contributed by atoms with E-state index in [0.717, 1.165) is 0 Å². The summed E-state index contributed by atoms with van der Waals surface area (Å²) in [5, 5.41) is 2.46. The molecule has 0 unspecified atom stereocenters. The number of nitrogens with one attached hydrogen (secondary N) is 1. The number of carbonyl (C=O) groups excluding carboxylic acids is 1. The first kappa shape index (κ1) is 15.9. The zero-order valence-corrected chi connectivity index (χ0v) is 12.0. The van der Waals surface area contributed by atoms with Gasteiger partial charge in [0.05, 0.1) is 14.2 Å². The molecule has 0 aromatic heterocycles. The van der Waals surface area contributed by atoms with E-state index in [1.165, 1.54) is 20.3 Å². The highest BCUT2D eigenvalue weighted by molar-refractivity contribution is 7.92. The van der Waals surface area contributed by atoms with E-state index in [2.05, 4.69) is 5.32 Å². The van der Waals surface area contributed by atoms with Crippen LogP contribution in [0.3, 0.4) is 0 Å². The van der Waals surface area contributed by atoms with Gasteiger partial charge < -0.3 is 14.8 Å². The van der Waals surface area contributed by atoms with Crippen molar-refractivity contribution in [3.8, 4) is 23.8 Å². The normalized spacial score (nSPS) is 10.4. The van der Waals surface area contributed by atoms with Crippen molar-refractivity contribution in [3.05, 3.63) is 18.2 Å². The number of methoxy groups -OCH3 is 2. The maximum atomic E-state index is 11.6. The SMILES string of the molecule is C#CCS(=O)(=O)CC(=O)Nc1ccc(OC)c(OC)c1. The molecule has 1 aromatic rings. The van der Waals surface area contributed by atoms with E-state index >= 15 is 0 Å². The Kier molecular flexibility index (Phi) is 5.41. The van der Waals surface area contributed by atoms with Crippen molar-refractivity contribution in [2.45, 2.75) is 0 Å². The molecule has 0 aliphatic heterocycles. The van der Waals surface area contributed by atoms with Crippen molar-refractivity contribution in [1.82, 2.24) is 0 Å². The number of rotatable bonds is 6. The van der Waals surface area contributed by atoms with Crippen molar-refractivity contribution >= 4 is 21.4 Å². The molecule has 1 rings (SSSR count). The van der Waals surface area contributed by atoms with Gasteiger partial charge in [0.1, 0.15) is 11.5 Å². The molecule has 6 nitrogen and oxygen atoms in total. The number of benzene rings is 1. The van der Waals surface area contributed by atoms with Crippen LogP contribution in [0.4, 0.5) is 5.69 Å². The third-order valence-electron chi connectivity index (χ3n) is 2.32. The number of ether oxygens (including phenoxy) is 2. The van der Waals surface area contributed by atoms with Crippen LogP contribution in [0.25, 0.3) is 0 Å². The lowest BCUT2D eigenvalue weighted by molar-refractivity contribution is -0.113. The molecule has 0 bridgehead atoms. The van der Waals surface area contributed by atoms with Crippen LogP contribution in [0.1, 0.15) is 0 Å². The number of amides is 1. The molecule has 0 saturated carbocycles. The van der Waals surface area contributed by atoms with Gasteiger partial charge in [0.25, 0.3) is 0 Å². The van der Waals surface area contributed by atoms with Crippen LogP contribution < -0.4 is 14.8 Å². The summed E-state index contributed by atoms with van der Waals surface area (Å²) in [5.41, 5.74) is 0.406. The van der Waals surface area contributed by atoms with E-state index in [9.17, 15) is 13.2 Å². The highest BCUT2D eigenvalue weighted by atomic mass is 32.2. The Bertz CT molecular complexity index is 631. The minimum Gasteiger partial charge on any atom is -0.493 e. The highest BCUT2D eigenvalue weighted by Gasteiger charge is 2.16. The van der Waals surface area contributed by atoms with E-state index in [-0.39, 0.29) is 0 Å². The van der Waals surface area contributed by atoms with Crippen LogP contribution in [0, 0.1) is 12.3 Å². The molecule has 0 spiro atoms. The second-order valence-electron chi connectivity index (χ2n) is 3.85. The van der Waals surface area contributed by atoms with Crippen LogP contribution in [-0.2, 0) is 14.6 Å². The molecule has 0 heterocycles.